The quantitative estimate of drug-likeness (QED) is 0.612. The van der Waals surface area contributed by atoms with Crippen LogP contribution in [0.2, 0.25) is 0 Å². The number of likely N-dealkylation sites (tertiary alicyclic amines) is 1. The Labute approximate surface area is 193 Å². The van der Waals surface area contributed by atoms with Crippen LogP contribution in [0.3, 0.4) is 0 Å². The minimum absolute atomic E-state index is 0.150. The third-order valence-electron chi connectivity index (χ3n) is 5.62. The molecule has 1 aliphatic rings. The molecule has 8 heteroatoms. The lowest BCUT2D eigenvalue weighted by molar-refractivity contribution is -0.140. The summed E-state index contributed by atoms with van der Waals surface area (Å²) in [5.74, 6) is -0.0170. The Morgan fingerprint density at radius 2 is 1.67 bits per heavy atom. The van der Waals surface area contributed by atoms with Gasteiger partial charge in [0.15, 0.2) is 13.2 Å². The van der Waals surface area contributed by atoms with E-state index in [1.54, 1.807) is 43.5 Å². The Kier molecular flexibility index (Phi) is 8.29. The summed E-state index contributed by atoms with van der Waals surface area (Å²) in [6.07, 6.45) is 3.02. The molecule has 0 saturated carbocycles. The number of methoxy groups -OCH3 is 1. The standard InChI is InChI=1S/C25H30N2O6/c1-17-6-4-7-18(2)27(17)24(29)16-33-25(30)19-10-12-21(13-11-19)32-15-23(28)26-20-8-5-9-22(14-20)31-3/h5,8-14,17-18H,4,6-7,15-16H2,1-3H3,(H,26,28). The van der Waals surface area contributed by atoms with Gasteiger partial charge in [0.2, 0.25) is 0 Å². The summed E-state index contributed by atoms with van der Waals surface area (Å²) < 4.78 is 15.8. The molecule has 8 nitrogen and oxygen atoms in total. The number of piperidine rings is 1. The Balaban J connectivity index is 1.45. The van der Waals surface area contributed by atoms with Crippen molar-refractivity contribution in [2.24, 2.45) is 0 Å². The Bertz CT molecular complexity index is 965. The van der Waals surface area contributed by atoms with Crippen LogP contribution in [0, 0.1) is 0 Å². The highest BCUT2D eigenvalue weighted by molar-refractivity contribution is 5.92. The van der Waals surface area contributed by atoms with Crippen molar-refractivity contribution < 1.29 is 28.6 Å². The number of hydrogen-bond acceptors (Lipinski definition) is 6. The van der Waals surface area contributed by atoms with Gasteiger partial charge >= 0.3 is 5.97 Å². The summed E-state index contributed by atoms with van der Waals surface area (Å²) >= 11 is 0. The molecule has 0 aromatic heterocycles. The first-order valence-corrected chi connectivity index (χ1v) is 11.0. The largest absolute Gasteiger partial charge is 0.497 e. The molecule has 2 atom stereocenters. The van der Waals surface area contributed by atoms with Gasteiger partial charge < -0.3 is 24.4 Å². The van der Waals surface area contributed by atoms with E-state index < -0.39 is 5.97 Å². The highest BCUT2D eigenvalue weighted by atomic mass is 16.5. The minimum Gasteiger partial charge on any atom is -0.497 e. The second kappa shape index (κ2) is 11.4. The van der Waals surface area contributed by atoms with Crippen LogP contribution >= 0.6 is 0 Å². The zero-order valence-electron chi connectivity index (χ0n) is 19.2. The SMILES string of the molecule is COc1cccc(NC(=O)COc2ccc(C(=O)OCC(=O)N3C(C)CCCC3C)cc2)c1. The molecule has 0 bridgehead atoms. The van der Waals surface area contributed by atoms with Crippen molar-refractivity contribution in [2.75, 3.05) is 25.6 Å². The van der Waals surface area contributed by atoms with Crippen molar-refractivity contribution >= 4 is 23.5 Å². The molecule has 176 valence electrons. The van der Waals surface area contributed by atoms with E-state index in [2.05, 4.69) is 5.32 Å². The summed E-state index contributed by atoms with van der Waals surface area (Å²) in [7, 11) is 1.55. The van der Waals surface area contributed by atoms with Gasteiger partial charge in [0.05, 0.1) is 12.7 Å². The van der Waals surface area contributed by atoms with Crippen LogP contribution in [-0.4, -0.2) is 55.1 Å². The molecule has 0 spiro atoms. The molecule has 2 amide bonds. The summed E-state index contributed by atoms with van der Waals surface area (Å²) in [6, 6.07) is 13.5. The fourth-order valence-corrected chi connectivity index (χ4v) is 3.93. The zero-order valence-corrected chi connectivity index (χ0v) is 19.2. The molecule has 2 aromatic carbocycles. The maximum Gasteiger partial charge on any atom is 0.338 e. The second-order valence-electron chi connectivity index (χ2n) is 8.10. The van der Waals surface area contributed by atoms with Gasteiger partial charge in [0.25, 0.3) is 11.8 Å². The van der Waals surface area contributed by atoms with Crippen molar-refractivity contribution in [3.05, 3.63) is 54.1 Å². The number of nitrogens with one attached hydrogen (secondary N) is 1. The molecule has 1 fully saturated rings. The number of esters is 1. The van der Waals surface area contributed by atoms with Gasteiger partial charge in [-0.2, -0.15) is 0 Å². The van der Waals surface area contributed by atoms with Crippen LogP contribution < -0.4 is 14.8 Å². The Morgan fingerprint density at radius 1 is 0.970 bits per heavy atom. The first-order valence-electron chi connectivity index (χ1n) is 11.0. The van der Waals surface area contributed by atoms with Gasteiger partial charge in [-0.25, -0.2) is 4.79 Å². The number of carbonyl (C=O) groups is 3. The maximum atomic E-state index is 12.5. The van der Waals surface area contributed by atoms with Crippen LogP contribution in [-0.2, 0) is 14.3 Å². The monoisotopic (exact) mass is 454 g/mol. The number of rotatable bonds is 8. The third-order valence-corrected chi connectivity index (χ3v) is 5.62. The summed E-state index contributed by atoms with van der Waals surface area (Å²) in [5, 5.41) is 2.72. The van der Waals surface area contributed by atoms with Crippen LogP contribution in [0.25, 0.3) is 0 Å². The summed E-state index contributed by atoms with van der Waals surface area (Å²) in [5.41, 5.74) is 0.902. The molecule has 0 radical (unpaired) electrons. The summed E-state index contributed by atoms with van der Waals surface area (Å²) in [6.45, 7) is 3.56. The molecule has 3 rings (SSSR count). The van der Waals surface area contributed by atoms with Crippen molar-refractivity contribution in [3.8, 4) is 11.5 Å². The van der Waals surface area contributed by atoms with E-state index in [4.69, 9.17) is 14.2 Å². The van der Waals surface area contributed by atoms with Gasteiger partial charge in [-0.1, -0.05) is 6.07 Å². The average molecular weight is 455 g/mol. The molecule has 33 heavy (non-hydrogen) atoms. The van der Waals surface area contributed by atoms with Crippen molar-refractivity contribution in [2.45, 2.75) is 45.2 Å². The highest BCUT2D eigenvalue weighted by Crippen LogP contribution is 2.23. The van der Waals surface area contributed by atoms with E-state index in [1.165, 1.54) is 12.1 Å². The number of ether oxygens (including phenoxy) is 3. The number of anilines is 1. The van der Waals surface area contributed by atoms with Gasteiger partial charge in [-0.3, -0.25) is 9.59 Å². The van der Waals surface area contributed by atoms with Crippen LogP contribution in [0.15, 0.2) is 48.5 Å². The predicted octanol–water partition coefficient (Wildman–Crippen LogP) is 3.66. The third kappa shape index (κ3) is 6.71. The normalized spacial score (nSPS) is 17.7. The number of nitrogens with zero attached hydrogens (tertiary/aromatic N) is 1. The molecule has 2 aromatic rings. The molecule has 1 N–H and O–H groups in total. The van der Waals surface area contributed by atoms with Gasteiger partial charge in [-0.15, -0.1) is 0 Å². The van der Waals surface area contributed by atoms with Crippen molar-refractivity contribution in [1.29, 1.82) is 0 Å². The van der Waals surface area contributed by atoms with Crippen LogP contribution in [0.4, 0.5) is 5.69 Å². The number of benzene rings is 2. The minimum atomic E-state index is -0.581. The lowest BCUT2D eigenvalue weighted by Gasteiger charge is -2.38. The van der Waals surface area contributed by atoms with E-state index in [9.17, 15) is 14.4 Å². The summed E-state index contributed by atoms with van der Waals surface area (Å²) in [4.78, 5) is 38.7. The number of hydrogen-bond donors (Lipinski definition) is 1. The van der Waals surface area contributed by atoms with Crippen LogP contribution in [0.5, 0.6) is 11.5 Å². The van der Waals surface area contributed by atoms with Gasteiger partial charge in [-0.05, 0) is 69.5 Å². The smallest absolute Gasteiger partial charge is 0.338 e. The molecular weight excluding hydrogens is 424 g/mol. The fourth-order valence-electron chi connectivity index (χ4n) is 3.93. The lowest BCUT2D eigenvalue weighted by Crippen LogP contribution is -2.49. The van der Waals surface area contributed by atoms with E-state index in [-0.39, 0.29) is 37.1 Å². The molecule has 2 unspecified atom stereocenters. The average Bonchev–Trinajstić information content (AvgIpc) is 2.81. The first kappa shape index (κ1) is 24.1. The lowest BCUT2D eigenvalue weighted by atomic mass is 9.97. The Morgan fingerprint density at radius 3 is 2.33 bits per heavy atom. The van der Waals surface area contributed by atoms with Crippen molar-refractivity contribution in [1.82, 2.24) is 4.90 Å². The van der Waals surface area contributed by atoms with E-state index in [0.29, 0.717) is 22.7 Å². The predicted molar refractivity (Wildman–Crippen MR) is 123 cm³/mol. The van der Waals surface area contributed by atoms with Gasteiger partial charge in [0, 0.05) is 23.8 Å². The molecule has 1 saturated heterocycles. The fraction of sp³-hybridized carbons (Fsp3) is 0.400. The second-order valence-corrected chi connectivity index (χ2v) is 8.10. The highest BCUT2D eigenvalue weighted by Gasteiger charge is 2.29. The number of carbonyl (C=O) groups excluding carboxylic acids is 3. The molecule has 1 aliphatic heterocycles. The van der Waals surface area contributed by atoms with E-state index in [0.717, 1.165) is 19.3 Å². The van der Waals surface area contributed by atoms with E-state index >= 15 is 0 Å². The Hall–Kier alpha value is -3.55. The zero-order chi connectivity index (χ0) is 23.8. The molecular formula is C25H30N2O6. The molecule has 0 aliphatic carbocycles. The van der Waals surface area contributed by atoms with Crippen molar-refractivity contribution in [3.63, 3.8) is 0 Å². The van der Waals surface area contributed by atoms with Gasteiger partial charge in [0.1, 0.15) is 11.5 Å². The molecule has 1 heterocycles. The van der Waals surface area contributed by atoms with Crippen LogP contribution in [0.1, 0.15) is 43.5 Å². The topological polar surface area (TPSA) is 94.2 Å². The first-order chi connectivity index (χ1) is 15.9. The van der Waals surface area contributed by atoms with E-state index in [1.807, 2.05) is 18.7 Å². The maximum absolute atomic E-state index is 12.5. The number of amides is 2.